The second kappa shape index (κ2) is 6.69. The fraction of sp³-hybridized carbons (Fsp3) is 0.647. The van der Waals surface area contributed by atoms with Gasteiger partial charge in [0.15, 0.2) is 0 Å². The second-order valence-electron chi connectivity index (χ2n) is 6.47. The Hall–Kier alpha value is -1.27. The molecule has 0 bridgehead atoms. The van der Waals surface area contributed by atoms with E-state index in [9.17, 15) is 13.2 Å². The lowest BCUT2D eigenvalue weighted by Crippen LogP contribution is -2.45. The lowest BCUT2D eigenvalue weighted by Gasteiger charge is -2.35. The molecule has 0 amide bonds. The van der Waals surface area contributed by atoms with Crippen molar-refractivity contribution in [2.75, 3.05) is 33.3 Å². The molecule has 1 aromatic rings. The first kappa shape index (κ1) is 16.6. The zero-order valence-electron chi connectivity index (χ0n) is 13.3. The number of hydrogen-bond donors (Lipinski definition) is 1. The summed E-state index contributed by atoms with van der Waals surface area (Å²) in [6.45, 7) is 3.51. The normalized spacial score (nSPS) is 21.2. The molecule has 1 heterocycles. The molecule has 3 rings (SSSR count). The molecule has 1 atom stereocenters. The average molecular weight is 328 g/mol. The summed E-state index contributed by atoms with van der Waals surface area (Å²) in [6, 6.07) is 4.19. The summed E-state index contributed by atoms with van der Waals surface area (Å²) in [5.74, 6) is 0.932. The minimum absolute atomic E-state index is 0.0424. The Bertz CT molecular complexity index is 537. The molecule has 0 radical (unpaired) electrons. The van der Waals surface area contributed by atoms with Gasteiger partial charge in [-0.2, -0.15) is 13.2 Å². The molecule has 1 aliphatic carbocycles. The largest absolute Gasteiger partial charge is 0.497 e. The van der Waals surface area contributed by atoms with Crippen molar-refractivity contribution in [3.8, 4) is 5.75 Å². The molecule has 3 nitrogen and oxygen atoms in total. The number of ether oxygens (including phenoxy) is 1. The number of piperazine rings is 1. The van der Waals surface area contributed by atoms with E-state index in [4.69, 9.17) is 4.74 Å². The van der Waals surface area contributed by atoms with Crippen LogP contribution < -0.4 is 10.1 Å². The maximum absolute atomic E-state index is 13.2. The van der Waals surface area contributed by atoms with Gasteiger partial charge in [-0.3, -0.25) is 4.90 Å². The van der Waals surface area contributed by atoms with Gasteiger partial charge in [0, 0.05) is 32.2 Å². The van der Waals surface area contributed by atoms with Crippen LogP contribution in [0.1, 0.15) is 36.4 Å². The molecule has 1 N–H and O–H groups in total. The molecule has 1 aliphatic heterocycles. The Kier molecular flexibility index (Phi) is 4.82. The van der Waals surface area contributed by atoms with Crippen LogP contribution in [0.4, 0.5) is 13.2 Å². The third kappa shape index (κ3) is 4.18. The number of halogens is 3. The molecule has 2 fully saturated rings. The van der Waals surface area contributed by atoms with Crippen LogP contribution in [0.3, 0.4) is 0 Å². The summed E-state index contributed by atoms with van der Waals surface area (Å²) in [5.41, 5.74) is 0.105. The summed E-state index contributed by atoms with van der Waals surface area (Å²) in [6.07, 6.45) is -1.03. The maximum Gasteiger partial charge on any atom is 0.416 e. The molecule has 1 saturated heterocycles. The van der Waals surface area contributed by atoms with E-state index in [0.29, 0.717) is 5.92 Å². The minimum atomic E-state index is -4.35. The van der Waals surface area contributed by atoms with E-state index < -0.39 is 11.7 Å². The number of nitrogens with one attached hydrogen (secondary N) is 1. The summed E-state index contributed by atoms with van der Waals surface area (Å²) in [4.78, 5) is 2.31. The van der Waals surface area contributed by atoms with Crippen LogP contribution in [0.5, 0.6) is 5.75 Å². The fourth-order valence-corrected chi connectivity index (χ4v) is 3.26. The topological polar surface area (TPSA) is 24.5 Å². The second-order valence-corrected chi connectivity index (χ2v) is 6.47. The fourth-order valence-electron chi connectivity index (χ4n) is 3.26. The summed E-state index contributed by atoms with van der Waals surface area (Å²) < 4.78 is 44.7. The Morgan fingerprint density at radius 3 is 2.48 bits per heavy atom. The Morgan fingerprint density at radius 2 is 1.91 bits per heavy atom. The van der Waals surface area contributed by atoms with Crippen molar-refractivity contribution < 1.29 is 17.9 Å². The van der Waals surface area contributed by atoms with Gasteiger partial charge >= 0.3 is 6.18 Å². The Morgan fingerprint density at radius 1 is 1.22 bits per heavy atom. The molecule has 128 valence electrons. The molecule has 2 aliphatic rings. The van der Waals surface area contributed by atoms with Crippen molar-refractivity contribution in [2.24, 2.45) is 5.92 Å². The maximum atomic E-state index is 13.2. The van der Waals surface area contributed by atoms with Crippen molar-refractivity contribution in [1.29, 1.82) is 0 Å². The first-order chi connectivity index (χ1) is 11.0. The van der Waals surface area contributed by atoms with Crippen LogP contribution >= 0.6 is 0 Å². The number of alkyl halides is 3. The van der Waals surface area contributed by atoms with Gasteiger partial charge in [-0.1, -0.05) is 12.8 Å². The van der Waals surface area contributed by atoms with E-state index in [2.05, 4.69) is 10.2 Å². The van der Waals surface area contributed by atoms with E-state index in [0.717, 1.165) is 44.2 Å². The summed E-state index contributed by atoms with van der Waals surface area (Å²) in [5, 5.41) is 3.30. The molecule has 1 aromatic carbocycles. The first-order valence-corrected chi connectivity index (χ1v) is 8.18. The van der Waals surface area contributed by atoms with Gasteiger partial charge in [0.25, 0.3) is 0 Å². The van der Waals surface area contributed by atoms with Gasteiger partial charge in [-0.15, -0.1) is 0 Å². The highest BCUT2D eigenvalue weighted by Crippen LogP contribution is 2.42. The minimum Gasteiger partial charge on any atom is -0.497 e. The van der Waals surface area contributed by atoms with Gasteiger partial charge < -0.3 is 10.1 Å². The van der Waals surface area contributed by atoms with E-state index >= 15 is 0 Å². The molecule has 0 aromatic heterocycles. The predicted octanol–water partition coefficient (Wildman–Crippen LogP) is 3.46. The highest BCUT2D eigenvalue weighted by Gasteiger charge is 2.35. The highest BCUT2D eigenvalue weighted by atomic mass is 19.4. The number of methoxy groups -OCH3 is 1. The van der Waals surface area contributed by atoms with Crippen LogP contribution in [0.2, 0.25) is 0 Å². The van der Waals surface area contributed by atoms with E-state index in [1.807, 2.05) is 0 Å². The Balaban J connectivity index is 1.93. The average Bonchev–Trinajstić information content (AvgIpc) is 3.36. The van der Waals surface area contributed by atoms with Crippen LogP contribution in [0, 0.1) is 5.92 Å². The van der Waals surface area contributed by atoms with E-state index in [1.54, 1.807) is 6.07 Å². The van der Waals surface area contributed by atoms with Gasteiger partial charge in [-0.25, -0.2) is 0 Å². The van der Waals surface area contributed by atoms with Crippen LogP contribution in [-0.4, -0.2) is 38.2 Å². The lowest BCUT2D eigenvalue weighted by atomic mass is 9.96. The van der Waals surface area contributed by atoms with Gasteiger partial charge in [0.1, 0.15) is 5.75 Å². The molecule has 23 heavy (non-hydrogen) atoms. The van der Waals surface area contributed by atoms with Gasteiger partial charge in [0.05, 0.1) is 12.7 Å². The number of benzene rings is 1. The predicted molar refractivity (Wildman–Crippen MR) is 82.5 cm³/mol. The van der Waals surface area contributed by atoms with Crippen molar-refractivity contribution in [3.05, 3.63) is 29.3 Å². The van der Waals surface area contributed by atoms with E-state index in [1.165, 1.54) is 26.0 Å². The van der Waals surface area contributed by atoms with Crippen molar-refractivity contribution in [2.45, 2.75) is 31.5 Å². The van der Waals surface area contributed by atoms with Crippen molar-refractivity contribution in [3.63, 3.8) is 0 Å². The molecule has 1 saturated carbocycles. The standard InChI is InChI=1S/C17H23F3N2O/c1-23-15-10-13(9-14(11-15)17(18,19)20)16(8-12-2-3-12)22-6-4-21-5-7-22/h9-12,16,21H,2-8H2,1H3/t16-/m1/s1. The zero-order valence-corrected chi connectivity index (χ0v) is 13.3. The first-order valence-electron chi connectivity index (χ1n) is 8.18. The number of rotatable bonds is 5. The molecule has 0 spiro atoms. The zero-order chi connectivity index (χ0) is 16.4. The molecular weight excluding hydrogens is 305 g/mol. The lowest BCUT2D eigenvalue weighted by molar-refractivity contribution is -0.137. The summed E-state index contributed by atoms with van der Waals surface area (Å²) >= 11 is 0. The van der Waals surface area contributed by atoms with Crippen LogP contribution in [0.25, 0.3) is 0 Å². The van der Waals surface area contributed by atoms with Gasteiger partial charge in [0.2, 0.25) is 0 Å². The SMILES string of the molecule is COc1cc([C@@H](CC2CC2)N2CCNCC2)cc(C(F)(F)F)c1. The molecule has 6 heteroatoms. The third-order valence-electron chi connectivity index (χ3n) is 4.72. The Labute approximate surface area is 134 Å². The molecule has 0 unspecified atom stereocenters. The van der Waals surface area contributed by atoms with Crippen molar-refractivity contribution in [1.82, 2.24) is 10.2 Å². The van der Waals surface area contributed by atoms with Crippen LogP contribution in [-0.2, 0) is 6.18 Å². The summed E-state index contributed by atoms with van der Waals surface area (Å²) in [7, 11) is 1.42. The third-order valence-corrected chi connectivity index (χ3v) is 4.72. The van der Waals surface area contributed by atoms with Gasteiger partial charge in [-0.05, 0) is 36.1 Å². The number of nitrogens with zero attached hydrogens (tertiary/aromatic N) is 1. The highest BCUT2D eigenvalue weighted by molar-refractivity contribution is 5.37. The van der Waals surface area contributed by atoms with Crippen LogP contribution in [0.15, 0.2) is 18.2 Å². The van der Waals surface area contributed by atoms with Crippen molar-refractivity contribution >= 4 is 0 Å². The monoisotopic (exact) mass is 328 g/mol. The van der Waals surface area contributed by atoms with E-state index in [-0.39, 0.29) is 11.8 Å². The molecular formula is C17H23F3N2O. The smallest absolute Gasteiger partial charge is 0.416 e. The quantitative estimate of drug-likeness (QED) is 0.896. The number of hydrogen-bond acceptors (Lipinski definition) is 3.